The summed E-state index contributed by atoms with van der Waals surface area (Å²) in [4.78, 5) is 33.6. The molecule has 0 rings (SSSR count). The fourth-order valence-electron chi connectivity index (χ4n) is 7.19. The van der Waals surface area contributed by atoms with E-state index in [4.69, 9.17) is 29.4 Å². The van der Waals surface area contributed by atoms with Crippen LogP contribution in [-0.4, -0.2) is 60.5 Å². The van der Waals surface area contributed by atoms with Crippen LogP contribution < -0.4 is 5.73 Å². The number of hydrogen-bond acceptors (Lipinski definition) is 8. The van der Waals surface area contributed by atoms with Gasteiger partial charge in [-0.15, -0.1) is 0 Å². The third-order valence-corrected chi connectivity index (χ3v) is 12.0. The van der Waals surface area contributed by atoms with Crippen molar-refractivity contribution in [1.29, 1.82) is 0 Å². The Labute approximate surface area is 362 Å². The fraction of sp³-hybridized carbons (Fsp3) is 0.917. The van der Waals surface area contributed by atoms with E-state index in [2.05, 4.69) is 26.0 Å². The molecule has 3 atom stereocenters. The number of rotatable bonds is 48. The molecule has 0 aromatic rings. The molecule has 3 unspecified atom stereocenters. The predicted octanol–water partition coefficient (Wildman–Crippen LogP) is 14.1. The molecule has 0 saturated carbocycles. The van der Waals surface area contributed by atoms with Crippen LogP contribution in [0.15, 0.2) is 12.2 Å². The number of aliphatic carboxylic acids is 1. The molecule has 0 aromatic heterocycles. The lowest BCUT2D eigenvalue weighted by Crippen LogP contribution is -2.34. The van der Waals surface area contributed by atoms with E-state index >= 15 is 0 Å². The Bertz CT molecular complexity index is 998. The molecule has 0 spiro atoms. The lowest BCUT2D eigenvalue weighted by Gasteiger charge is -2.20. The van der Waals surface area contributed by atoms with E-state index in [9.17, 15) is 19.0 Å². The zero-order valence-electron chi connectivity index (χ0n) is 38.4. The lowest BCUT2D eigenvalue weighted by molar-refractivity contribution is -0.154. The Kier molecular flexibility index (Phi) is 43.8. The standard InChI is InChI=1S/C48H94NO9P/c1-3-5-7-9-11-13-15-17-19-21-22-23-24-25-26-28-30-32-34-36-38-40-47(50)58-45(43-56-59(53,54)57-44-46(49)48(51)52)42-55-41-39-37-35-33-31-29-27-20-18-16-14-12-10-8-6-4-2/h18,20,45-46H,3-17,19,21-44,49H2,1-2H3,(H,51,52)(H,53,54)/b20-18-. The van der Waals surface area contributed by atoms with Crippen molar-refractivity contribution in [3.63, 3.8) is 0 Å². The summed E-state index contributed by atoms with van der Waals surface area (Å²) >= 11 is 0. The van der Waals surface area contributed by atoms with Crippen molar-refractivity contribution in [2.75, 3.05) is 26.4 Å². The third kappa shape index (κ3) is 44.6. The predicted molar refractivity (Wildman–Crippen MR) is 245 cm³/mol. The minimum Gasteiger partial charge on any atom is -0.480 e. The summed E-state index contributed by atoms with van der Waals surface area (Å²) in [5, 5.41) is 8.92. The van der Waals surface area contributed by atoms with E-state index in [-0.39, 0.29) is 13.0 Å². The van der Waals surface area contributed by atoms with E-state index in [1.807, 2.05) is 0 Å². The Hall–Kier alpha value is -1.29. The molecule has 59 heavy (non-hydrogen) atoms. The number of allylic oxidation sites excluding steroid dienone is 2. The van der Waals surface area contributed by atoms with Crippen molar-refractivity contribution < 1.29 is 42.7 Å². The van der Waals surface area contributed by atoms with Crippen LogP contribution in [0, 0.1) is 0 Å². The van der Waals surface area contributed by atoms with Crippen molar-refractivity contribution in [2.45, 2.75) is 257 Å². The maximum Gasteiger partial charge on any atom is 0.472 e. The van der Waals surface area contributed by atoms with E-state index < -0.39 is 45.1 Å². The van der Waals surface area contributed by atoms with Crippen LogP contribution >= 0.6 is 7.82 Å². The zero-order chi connectivity index (χ0) is 43.3. The molecule has 4 N–H and O–H groups in total. The van der Waals surface area contributed by atoms with Gasteiger partial charge in [0.15, 0.2) is 0 Å². The Morgan fingerprint density at radius 3 is 1.29 bits per heavy atom. The second-order valence-corrected chi connectivity index (χ2v) is 18.4. The molecule has 10 nitrogen and oxygen atoms in total. The van der Waals surface area contributed by atoms with Crippen LogP contribution in [0.25, 0.3) is 0 Å². The van der Waals surface area contributed by atoms with E-state index in [0.717, 1.165) is 44.9 Å². The molecule has 0 amide bonds. The molecule has 0 aromatic carbocycles. The van der Waals surface area contributed by atoms with Crippen LogP contribution in [0.3, 0.4) is 0 Å². The minimum atomic E-state index is -4.62. The fourth-order valence-corrected chi connectivity index (χ4v) is 7.97. The molecule has 0 saturated heterocycles. The molecule has 0 aliphatic carbocycles. The topological polar surface area (TPSA) is 155 Å². The van der Waals surface area contributed by atoms with Gasteiger partial charge in [0.2, 0.25) is 0 Å². The van der Waals surface area contributed by atoms with Gasteiger partial charge in [0.05, 0.1) is 19.8 Å². The van der Waals surface area contributed by atoms with Gasteiger partial charge in [0.25, 0.3) is 0 Å². The van der Waals surface area contributed by atoms with Gasteiger partial charge >= 0.3 is 19.8 Å². The number of unbranched alkanes of at least 4 members (excludes halogenated alkanes) is 32. The summed E-state index contributed by atoms with van der Waals surface area (Å²) < 4.78 is 33.5. The highest BCUT2D eigenvalue weighted by Gasteiger charge is 2.27. The SMILES string of the molecule is CCCCCCCC/C=C\CCCCCCCCOCC(COP(=O)(O)OCC(N)C(=O)O)OC(=O)CCCCCCCCCCCCCCCCCCCCCCC. The highest BCUT2D eigenvalue weighted by Crippen LogP contribution is 2.43. The summed E-state index contributed by atoms with van der Waals surface area (Å²) in [5.41, 5.74) is 5.37. The van der Waals surface area contributed by atoms with Crippen LogP contribution in [0.4, 0.5) is 0 Å². The van der Waals surface area contributed by atoms with Gasteiger partial charge in [0, 0.05) is 13.0 Å². The van der Waals surface area contributed by atoms with Crippen molar-refractivity contribution >= 4 is 19.8 Å². The van der Waals surface area contributed by atoms with Crippen molar-refractivity contribution in [1.82, 2.24) is 0 Å². The monoisotopic (exact) mass is 860 g/mol. The largest absolute Gasteiger partial charge is 0.480 e. The van der Waals surface area contributed by atoms with Gasteiger partial charge in [-0.05, 0) is 38.5 Å². The van der Waals surface area contributed by atoms with Gasteiger partial charge in [0.1, 0.15) is 12.1 Å². The van der Waals surface area contributed by atoms with Crippen molar-refractivity contribution in [3.8, 4) is 0 Å². The summed E-state index contributed by atoms with van der Waals surface area (Å²) in [6.45, 7) is 3.91. The Morgan fingerprint density at radius 2 is 0.881 bits per heavy atom. The number of phosphoric ester groups is 1. The summed E-state index contributed by atoms with van der Waals surface area (Å²) in [6.07, 6.45) is 48.4. The zero-order valence-corrected chi connectivity index (χ0v) is 39.3. The van der Waals surface area contributed by atoms with Gasteiger partial charge in [-0.2, -0.15) is 0 Å². The third-order valence-electron chi connectivity index (χ3n) is 11.0. The van der Waals surface area contributed by atoms with Gasteiger partial charge in [-0.3, -0.25) is 18.6 Å². The maximum atomic E-state index is 12.7. The van der Waals surface area contributed by atoms with Crippen LogP contribution in [0.2, 0.25) is 0 Å². The number of carbonyl (C=O) groups excluding carboxylic acids is 1. The molecule has 0 aliphatic heterocycles. The number of ether oxygens (including phenoxy) is 2. The van der Waals surface area contributed by atoms with Crippen LogP contribution in [-0.2, 0) is 32.7 Å². The maximum absolute atomic E-state index is 12.7. The molecule has 0 bridgehead atoms. The lowest BCUT2D eigenvalue weighted by atomic mass is 10.0. The number of carbonyl (C=O) groups is 2. The molecule has 0 heterocycles. The number of esters is 1. The molecule has 0 fully saturated rings. The van der Waals surface area contributed by atoms with Crippen LogP contribution in [0.5, 0.6) is 0 Å². The first-order valence-corrected chi connectivity index (χ1v) is 26.2. The second-order valence-electron chi connectivity index (χ2n) is 17.0. The Morgan fingerprint density at radius 1 is 0.525 bits per heavy atom. The quantitative estimate of drug-likeness (QED) is 0.0233. The van der Waals surface area contributed by atoms with Gasteiger partial charge < -0.3 is 25.2 Å². The second kappa shape index (κ2) is 44.8. The van der Waals surface area contributed by atoms with Gasteiger partial charge in [-0.25, -0.2) is 4.57 Å². The number of hydrogen-bond donors (Lipinski definition) is 3. The van der Waals surface area contributed by atoms with Crippen LogP contribution in [0.1, 0.15) is 245 Å². The smallest absolute Gasteiger partial charge is 0.472 e. The van der Waals surface area contributed by atoms with Gasteiger partial charge in [-0.1, -0.05) is 212 Å². The summed E-state index contributed by atoms with van der Waals surface area (Å²) in [6, 6.07) is -1.47. The first kappa shape index (κ1) is 57.7. The Balaban J connectivity index is 4.12. The molecular weight excluding hydrogens is 765 g/mol. The first-order valence-electron chi connectivity index (χ1n) is 24.7. The molecule has 350 valence electrons. The van der Waals surface area contributed by atoms with Crippen molar-refractivity contribution in [2.24, 2.45) is 5.73 Å². The molecular formula is C48H94NO9P. The minimum absolute atomic E-state index is 0.0186. The highest BCUT2D eigenvalue weighted by molar-refractivity contribution is 7.47. The molecule has 0 radical (unpaired) electrons. The summed E-state index contributed by atoms with van der Waals surface area (Å²) in [7, 11) is -4.62. The number of nitrogens with two attached hydrogens (primary N) is 1. The first-order chi connectivity index (χ1) is 28.7. The summed E-state index contributed by atoms with van der Waals surface area (Å²) in [5.74, 6) is -1.77. The number of carboxylic acid groups (broad SMARTS) is 1. The highest BCUT2D eigenvalue weighted by atomic mass is 31.2. The van der Waals surface area contributed by atoms with Crippen molar-refractivity contribution in [3.05, 3.63) is 12.2 Å². The molecule has 11 heteroatoms. The molecule has 0 aliphatic rings. The normalized spacial score (nSPS) is 13.8. The van der Waals surface area contributed by atoms with E-state index in [0.29, 0.717) is 6.61 Å². The van der Waals surface area contributed by atoms with E-state index in [1.54, 1.807) is 0 Å². The number of carboxylic acids is 1. The number of phosphoric acid groups is 1. The average molecular weight is 860 g/mol. The average Bonchev–Trinajstić information content (AvgIpc) is 3.21. The van der Waals surface area contributed by atoms with E-state index in [1.165, 1.54) is 180 Å².